The molecule has 16 nitrogen and oxygen atoms in total. The van der Waals surface area contributed by atoms with Crippen LogP contribution in [0.3, 0.4) is 0 Å². The summed E-state index contributed by atoms with van der Waals surface area (Å²) in [5.74, 6) is 1.98. The summed E-state index contributed by atoms with van der Waals surface area (Å²) in [5, 5.41) is 16.0. The van der Waals surface area contributed by atoms with Gasteiger partial charge in [-0.25, -0.2) is 14.4 Å². The fraction of sp³-hybridized carbons (Fsp3) is 0.562. The molecule has 2 N–H and O–H groups in total. The van der Waals surface area contributed by atoms with Gasteiger partial charge in [0.2, 0.25) is 6.79 Å². The molecule has 65 heavy (non-hydrogen) atoms. The number of hydrogen-bond acceptors (Lipinski definition) is 17. The molecule has 1 spiro atoms. The second kappa shape index (κ2) is 16.1. The first kappa shape index (κ1) is 45.2. The van der Waals surface area contributed by atoms with Crippen molar-refractivity contribution >= 4 is 30.0 Å². The number of esters is 1. The van der Waals surface area contributed by atoms with Gasteiger partial charge in [-0.1, -0.05) is 6.07 Å². The lowest BCUT2D eigenvalue weighted by atomic mass is 9.72. The van der Waals surface area contributed by atoms with E-state index >= 15 is 4.79 Å². The molecule has 7 aliphatic rings. The molecule has 10 rings (SSSR count). The third-order valence-electron chi connectivity index (χ3n) is 13.5. The molecule has 3 aromatic rings. The van der Waals surface area contributed by atoms with Crippen LogP contribution in [-0.4, -0.2) is 110 Å². The second-order valence-electron chi connectivity index (χ2n) is 19.7. The van der Waals surface area contributed by atoms with Crippen LogP contribution in [-0.2, 0) is 37.4 Å². The van der Waals surface area contributed by atoms with E-state index in [1.165, 1.54) is 7.11 Å². The van der Waals surface area contributed by atoms with E-state index in [1.54, 1.807) is 72.5 Å². The maximum Gasteiger partial charge on any atom is 0.514 e. The highest BCUT2D eigenvalue weighted by molar-refractivity contribution is 7.99. The van der Waals surface area contributed by atoms with Crippen molar-refractivity contribution < 1.29 is 62.1 Å². The Kier molecular flexibility index (Phi) is 11.2. The zero-order valence-electron chi connectivity index (χ0n) is 39.1. The van der Waals surface area contributed by atoms with Crippen molar-refractivity contribution in [3.63, 3.8) is 0 Å². The van der Waals surface area contributed by atoms with Crippen molar-refractivity contribution in [1.29, 1.82) is 0 Å². The van der Waals surface area contributed by atoms with Crippen LogP contribution in [0.15, 0.2) is 18.2 Å². The van der Waals surface area contributed by atoms with Crippen molar-refractivity contribution in [2.24, 2.45) is 0 Å². The number of aryl methyl sites for hydroxylation is 1. The number of benzene rings is 3. The summed E-state index contributed by atoms with van der Waals surface area (Å²) in [6, 6.07) is 3.46. The fourth-order valence-electron chi connectivity index (χ4n) is 10.8. The average Bonchev–Trinajstić information content (AvgIpc) is 3.71. The van der Waals surface area contributed by atoms with Gasteiger partial charge in [-0.3, -0.25) is 15.1 Å². The number of fused-ring (bicyclic) bond motifs is 9. The van der Waals surface area contributed by atoms with E-state index in [9.17, 15) is 14.7 Å². The predicted octanol–water partition coefficient (Wildman–Crippen LogP) is 7.01. The Morgan fingerprint density at radius 1 is 0.846 bits per heavy atom. The zero-order chi connectivity index (χ0) is 46.7. The van der Waals surface area contributed by atoms with Gasteiger partial charge in [-0.15, -0.1) is 11.8 Å². The first-order valence-corrected chi connectivity index (χ1v) is 23.1. The standard InChI is InChI=1S/C48H59N3O13S/c1-22-15-26-16-28-42(52)51-29-19-58-43(53)48(27-18-30(56-11)31(17-25(27)13-14-49-48)61-44(54)63-46(4,5)6)20-65-41(32-23(2)24(3)38-39(34(29)32)60-21-59-38)36(51)35(50(28)10)33(26)40(37(22)57-12)62-45(55)64-47(7,8)9/h15,17-18,28-29,35-36,41-42,49,52H,13-14,16,19-21H2,1-12H3/t28-,29-,35+,36?,41+,42-,48+/m0/s1. The minimum atomic E-state index is -1.38. The Balaban J connectivity index is 1.23. The average molecular weight is 918 g/mol. The number of nitrogens with one attached hydrogen (secondary N) is 1. The second-order valence-corrected chi connectivity index (χ2v) is 20.9. The quantitative estimate of drug-likeness (QED) is 0.155. The molecule has 1 unspecified atom stereocenters. The smallest absolute Gasteiger partial charge is 0.493 e. The molecule has 7 atom stereocenters. The molecule has 7 heterocycles. The first-order chi connectivity index (χ1) is 30.7. The molecular formula is C48H59N3O13S. The topological polar surface area (TPSA) is 173 Å². The third kappa shape index (κ3) is 7.41. The number of likely N-dealkylation sites (N-methyl/N-ethyl adjacent to an activating group) is 1. The molecule has 0 radical (unpaired) electrons. The Labute approximate surface area is 383 Å². The number of aliphatic hydroxyl groups is 1. The Hall–Kier alpha value is -4.94. The van der Waals surface area contributed by atoms with Crippen LogP contribution in [0.4, 0.5) is 9.59 Å². The number of ether oxygens (including phenoxy) is 9. The van der Waals surface area contributed by atoms with Crippen molar-refractivity contribution in [2.75, 3.05) is 47.0 Å². The van der Waals surface area contributed by atoms with E-state index in [2.05, 4.69) is 28.1 Å². The van der Waals surface area contributed by atoms with Gasteiger partial charge in [0.1, 0.15) is 24.0 Å². The maximum atomic E-state index is 15.1. The summed E-state index contributed by atoms with van der Waals surface area (Å²) < 4.78 is 53.9. The van der Waals surface area contributed by atoms with E-state index in [4.69, 9.17) is 42.6 Å². The molecule has 3 aromatic carbocycles. The Morgan fingerprint density at radius 2 is 1.54 bits per heavy atom. The Morgan fingerprint density at radius 3 is 2.22 bits per heavy atom. The van der Waals surface area contributed by atoms with Gasteiger partial charge in [-0.2, -0.15) is 0 Å². The van der Waals surface area contributed by atoms with Crippen molar-refractivity contribution in [3.8, 4) is 34.5 Å². The summed E-state index contributed by atoms with van der Waals surface area (Å²) in [6.45, 7) is 16.9. The molecule has 0 amide bonds. The summed E-state index contributed by atoms with van der Waals surface area (Å²) in [7, 11) is 5.03. The van der Waals surface area contributed by atoms with E-state index in [0.29, 0.717) is 42.2 Å². The van der Waals surface area contributed by atoms with Gasteiger partial charge in [0, 0.05) is 34.7 Å². The molecule has 2 fully saturated rings. The number of carbonyl (C=O) groups is 3. The molecule has 17 heteroatoms. The van der Waals surface area contributed by atoms with Crippen LogP contribution in [0, 0.1) is 20.8 Å². The number of aliphatic hydroxyl groups excluding tert-OH is 1. The van der Waals surface area contributed by atoms with Crippen LogP contribution in [0.1, 0.15) is 109 Å². The highest BCUT2D eigenvalue weighted by atomic mass is 32.2. The van der Waals surface area contributed by atoms with Crippen molar-refractivity contribution in [3.05, 3.63) is 68.3 Å². The van der Waals surface area contributed by atoms with Crippen molar-refractivity contribution in [2.45, 2.75) is 128 Å². The minimum absolute atomic E-state index is 0.0273. The van der Waals surface area contributed by atoms with Crippen LogP contribution < -0.4 is 33.7 Å². The lowest BCUT2D eigenvalue weighted by Crippen LogP contribution is -2.70. The monoisotopic (exact) mass is 917 g/mol. The largest absolute Gasteiger partial charge is 0.514 e. The number of piperazine rings is 1. The molecule has 350 valence electrons. The minimum Gasteiger partial charge on any atom is -0.493 e. The van der Waals surface area contributed by atoms with Gasteiger partial charge >= 0.3 is 18.3 Å². The lowest BCUT2D eigenvalue weighted by molar-refractivity contribution is -0.186. The third-order valence-corrected chi connectivity index (χ3v) is 15.0. The molecule has 0 aromatic heterocycles. The summed E-state index contributed by atoms with van der Waals surface area (Å²) in [6.07, 6.45) is -1.82. The van der Waals surface area contributed by atoms with Crippen LogP contribution >= 0.6 is 11.8 Å². The lowest BCUT2D eigenvalue weighted by Gasteiger charge is -2.62. The van der Waals surface area contributed by atoms with Crippen LogP contribution in [0.5, 0.6) is 34.5 Å². The van der Waals surface area contributed by atoms with Crippen LogP contribution in [0.25, 0.3) is 0 Å². The number of methoxy groups -OCH3 is 2. The molecular weight excluding hydrogens is 859 g/mol. The SMILES string of the molecule is COc1cc2c(cc1OC(=O)OC(C)(C)C)CCN[C@]21CS[C@@H]2c3c(C)c(C)c4c(c3[C@H](COC1=O)N1C2[C@H]2c3c(cc(C)c(OC)c3OC(=O)OC(C)(C)C)C[C@@H]([C@@H]1O)N2C)OCO4. The van der Waals surface area contributed by atoms with E-state index in [0.717, 1.165) is 44.5 Å². The van der Waals surface area contributed by atoms with E-state index in [-0.39, 0.29) is 36.4 Å². The number of nitrogens with zero attached hydrogens (tertiary/aromatic N) is 2. The van der Waals surface area contributed by atoms with E-state index < -0.39 is 70.7 Å². The van der Waals surface area contributed by atoms with Gasteiger partial charge in [-0.05, 0) is 133 Å². The maximum absolute atomic E-state index is 15.1. The molecule has 4 bridgehead atoms. The first-order valence-electron chi connectivity index (χ1n) is 22.0. The number of rotatable bonds is 4. The summed E-state index contributed by atoms with van der Waals surface area (Å²) in [5.41, 5.74) is 4.63. The highest BCUT2D eigenvalue weighted by Gasteiger charge is 2.61. The van der Waals surface area contributed by atoms with Crippen LogP contribution in [0.2, 0.25) is 0 Å². The molecule has 0 saturated carbocycles. The fourth-order valence-corrected chi connectivity index (χ4v) is 12.6. The predicted molar refractivity (Wildman–Crippen MR) is 238 cm³/mol. The Bertz CT molecular complexity index is 2480. The van der Waals surface area contributed by atoms with E-state index in [1.807, 2.05) is 20.9 Å². The van der Waals surface area contributed by atoms with Gasteiger partial charge in [0.05, 0.1) is 32.3 Å². The van der Waals surface area contributed by atoms with Gasteiger partial charge < -0.3 is 47.7 Å². The zero-order valence-corrected chi connectivity index (χ0v) is 39.9. The number of thioether (sulfide) groups is 1. The molecule has 2 saturated heterocycles. The molecule has 7 aliphatic heterocycles. The highest BCUT2D eigenvalue weighted by Crippen LogP contribution is 2.63. The molecule has 0 aliphatic carbocycles. The summed E-state index contributed by atoms with van der Waals surface area (Å²) in [4.78, 5) is 45.9. The van der Waals surface area contributed by atoms with Gasteiger partial charge in [0.15, 0.2) is 40.0 Å². The van der Waals surface area contributed by atoms with Crippen molar-refractivity contribution in [1.82, 2.24) is 15.1 Å². The number of carbonyl (C=O) groups excluding carboxylic acids is 3. The summed E-state index contributed by atoms with van der Waals surface area (Å²) >= 11 is 1.58. The number of hydrogen-bond donors (Lipinski definition) is 2. The van der Waals surface area contributed by atoms with Gasteiger partial charge in [0.25, 0.3) is 0 Å². The normalized spacial score (nSPS) is 26.8.